The average molecular weight is 196 g/mol. The van der Waals surface area contributed by atoms with Crippen molar-refractivity contribution in [1.82, 2.24) is 0 Å². The van der Waals surface area contributed by atoms with Crippen LogP contribution in [0.15, 0.2) is 24.3 Å². The van der Waals surface area contributed by atoms with Crippen LogP contribution in [0.2, 0.25) is 0 Å². The monoisotopic (exact) mass is 196 g/mol. The van der Waals surface area contributed by atoms with Crippen LogP contribution in [0.1, 0.15) is 52.4 Å². The number of hydrogen-bond donors (Lipinski definition) is 1. The first kappa shape index (κ1) is 13.4. The van der Waals surface area contributed by atoms with Gasteiger partial charge in [-0.25, -0.2) is 0 Å². The van der Waals surface area contributed by atoms with Crippen molar-refractivity contribution >= 4 is 0 Å². The second kappa shape index (κ2) is 10.5. The van der Waals surface area contributed by atoms with E-state index < -0.39 is 0 Å². The second-order valence-electron chi connectivity index (χ2n) is 3.73. The van der Waals surface area contributed by atoms with Gasteiger partial charge >= 0.3 is 0 Å². The Morgan fingerprint density at radius 2 is 1.57 bits per heavy atom. The first-order valence-corrected chi connectivity index (χ1v) is 5.73. The summed E-state index contributed by atoms with van der Waals surface area (Å²) in [4.78, 5) is 0. The summed E-state index contributed by atoms with van der Waals surface area (Å²) in [7, 11) is 0. The third-order valence-corrected chi connectivity index (χ3v) is 2.14. The van der Waals surface area contributed by atoms with Gasteiger partial charge in [0.05, 0.1) is 6.10 Å². The van der Waals surface area contributed by atoms with Crippen molar-refractivity contribution in [1.29, 1.82) is 0 Å². The van der Waals surface area contributed by atoms with Gasteiger partial charge in [-0.05, 0) is 39.5 Å². The lowest BCUT2D eigenvalue weighted by Crippen LogP contribution is -1.91. The third-order valence-electron chi connectivity index (χ3n) is 2.14. The zero-order chi connectivity index (χ0) is 10.6. The Kier molecular flexibility index (Phi) is 10.1. The molecule has 0 saturated carbocycles. The summed E-state index contributed by atoms with van der Waals surface area (Å²) < 4.78 is 0. The van der Waals surface area contributed by atoms with Crippen LogP contribution in [-0.4, -0.2) is 11.2 Å². The van der Waals surface area contributed by atoms with E-state index in [1.807, 2.05) is 6.08 Å². The Morgan fingerprint density at radius 3 is 2.07 bits per heavy atom. The summed E-state index contributed by atoms with van der Waals surface area (Å²) in [5, 5.41) is 8.96. The minimum Gasteiger partial charge on any atom is -0.389 e. The highest BCUT2D eigenvalue weighted by Gasteiger charge is 1.88. The van der Waals surface area contributed by atoms with Gasteiger partial charge in [0.15, 0.2) is 0 Å². The summed E-state index contributed by atoms with van der Waals surface area (Å²) in [5.74, 6) is 0. The van der Waals surface area contributed by atoms with E-state index in [0.717, 1.165) is 6.42 Å². The van der Waals surface area contributed by atoms with E-state index in [9.17, 15) is 0 Å². The molecule has 0 saturated heterocycles. The predicted molar refractivity (Wildman–Crippen MR) is 63.3 cm³/mol. The second-order valence-corrected chi connectivity index (χ2v) is 3.73. The van der Waals surface area contributed by atoms with Crippen molar-refractivity contribution in [2.24, 2.45) is 0 Å². The first-order chi connectivity index (χ1) is 6.77. The van der Waals surface area contributed by atoms with Crippen molar-refractivity contribution in [3.8, 4) is 0 Å². The average Bonchev–Trinajstić information content (AvgIpc) is 2.15. The first-order valence-electron chi connectivity index (χ1n) is 5.73. The van der Waals surface area contributed by atoms with Crippen LogP contribution in [0.25, 0.3) is 0 Å². The Bertz CT molecular complexity index is 157. The SMILES string of the molecule is C/C=C/CCCCCC/C=C/C(C)O. The van der Waals surface area contributed by atoms with Gasteiger partial charge in [-0.2, -0.15) is 0 Å². The quantitative estimate of drug-likeness (QED) is 0.462. The molecule has 14 heavy (non-hydrogen) atoms. The van der Waals surface area contributed by atoms with Crippen molar-refractivity contribution in [2.45, 2.75) is 58.5 Å². The number of aliphatic hydroxyl groups excluding tert-OH is 1. The highest BCUT2D eigenvalue weighted by Crippen LogP contribution is 2.06. The van der Waals surface area contributed by atoms with Gasteiger partial charge in [-0.3, -0.25) is 0 Å². The maximum Gasteiger partial charge on any atom is 0.0692 e. The molecule has 0 aliphatic carbocycles. The minimum absolute atomic E-state index is 0.287. The van der Waals surface area contributed by atoms with Crippen LogP contribution < -0.4 is 0 Å². The van der Waals surface area contributed by atoms with Gasteiger partial charge in [-0.15, -0.1) is 0 Å². The molecule has 0 radical (unpaired) electrons. The molecule has 1 unspecified atom stereocenters. The van der Waals surface area contributed by atoms with Crippen LogP contribution >= 0.6 is 0 Å². The summed E-state index contributed by atoms with van der Waals surface area (Å²) >= 11 is 0. The smallest absolute Gasteiger partial charge is 0.0692 e. The van der Waals surface area contributed by atoms with Gasteiger partial charge in [0.1, 0.15) is 0 Å². The van der Waals surface area contributed by atoms with Gasteiger partial charge in [-0.1, -0.05) is 37.1 Å². The Hall–Kier alpha value is -0.560. The van der Waals surface area contributed by atoms with Crippen LogP contribution in [0, 0.1) is 0 Å². The van der Waals surface area contributed by atoms with Crippen LogP contribution in [0.4, 0.5) is 0 Å². The summed E-state index contributed by atoms with van der Waals surface area (Å²) in [6.07, 6.45) is 15.5. The van der Waals surface area contributed by atoms with E-state index >= 15 is 0 Å². The highest BCUT2D eigenvalue weighted by atomic mass is 16.3. The van der Waals surface area contributed by atoms with Gasteiger partial charge < -0.3 is 5.11 Å². The fourth-order valence-corrected chi connectivity index (χ4v) is 1.34. The minimum atomic E-state index is -0.287. The number of aliphatic hydroxyl groups is 1. The highest BCUT2D eigenvalue weighted by molar-refractivity contribution is 4.85. The molecule has 0 amide bonds. The van der Waals surface area contributed by atoms with E-state index in [0.29, 0.717) is 0 Å². The zero-order valence-electron chi connectivity index (χ0n) is 9.58. The topological polar surface area (TPSA) is 20.2 Å². The lowest BCUT2D eigenvalue weighted by atomic mass is 10.1. The molecule has 0 bridgehead atoms. The number of allylic oxidation sites excluding steroid dienone is 3. The molecule has 0 aromatic rings. The van der Waals surface area contributed by atoms with Gasteiger partial charge in [0, 0.05) is 0 Å². The fourth-order valence-electron chi connectivity index (χ4n) is 1.34. The predicted octanol–water partition coefficient (Wildman–Crippen LogP) is 3.84. The summed E-state index contributed by atoms with van der Waals surface area (Å²) in [6.45, 7) is 3.86. The summed E-state index contributed by atoms with van der Waals surface area (Å²) in [5.41, 5.74) is 0. The molecule has 0 rings (SSSR count). The van der Waals surface area contributed by atoms with E-state index in [4.69, 9.17) is 5.11 Å². The molecular weight excluding hydrogens is 172 g/mol. The van der Waals surface area contributed by atoms with E-state index in [1.165, 1.54) is 32.1 Å². The number of hydrogen-bond acceptors (Lipinski definition) is 1. The molecule has 0 aliphatic heterocycles. The maximum absolute atomic E-state index is 8.96. The molecule has 0 aromatic carbocycles. The maximum atomic E-state index is 8.96. The molecule has 0 aliphatic rings. The largest absolute Gasteiger partial charge is 0.389 e. The molecule has 0 spiro atoms. The van der Waals surface area contributed by atoms with Crippen LogP contribution in [0.5, 0.6) is 0 Å². The molecule has 0 fully saturated rings. The lowest BCUT2D eigenvalue weighted by molar-refractivity contribution is 0.244. The standard InChI is InChI=1S/C13H24O/c1-3-4-5-6-7-8-9-10-11-12-13(2)14/h3-4,11-14H,5-10H2,1-2H3/b4-3+,12-11+. The number of rotatable bonds is 8. The lowest BCUT2D eigenvalue weighted by Gasteiger charge is -1.97. The molecule has 0 aromatic heterocycles. The molecule has 1 N–H and O–H groups in total. The molecule has 82 valence electrons. The van der Waals surface area contributed by atoms with Crippen molar-refractivity contribution in [3.63, 3.8) is 0 Å². The third kappa shape index (κ3) is 11.4. The molecular formula is C13H24O. The van der Waals surface area contributed by atoms with E-state index in [-0.39, 0.29) is 6.10 Å². The fraction of sp³-hybridized carbons (Fsp3) is 0.692. The summed E-state index contributed by atoms with van der Waals surface area (Å²) in [6, 6.07) is 0. The van der Waals surface area contributed by atoms with Crippen molar-refractivity contribution in [2.75, 3.05) is 0 Å². The van der Waals surface area contributed by atoms with Crippen molar-refractivity contribution in [3.05, 3.63) is 24.3 Å². The molecule has 1 nitrogen and oxygen atoms in total. The zero-order valence-corrected chi connectivity index (χ0v) is 9.58. The van der Waals surface area contributed by atoms with Crippen LogP contribution in [-0.2, 0) is 0 Å². The number of unbranched alkanes of at least 4 members (excludes halogenated alkanes) is 5. The van der Waals surface area contributed by atoms with Gasteiger partial charge in [0.25, 0.3) is 0 Å². The molecule has 0 heterocycles. The normalized spacial score (nSPS) is 14.2. The van der Waals surface area contributed by atoms with E-state index in [1.54, 1.807) is 6.92 Å². The van der Waals surface area contributed by atoms with Crippen molar-refractivity contribution < 1.29 is 5.11 Å². The van der Waals surface area contributed by atoms with Gasteiger partial charge in [0.2, 0.25) is 0 Å². The molecule has 1 heteroatoms. The Morgan fingerprint density at radius 1 is 1.00 bits per heavy atom. The van der Waals surface area contributed by atoms with Crippen LogP contribution in [0.3, 0.4) is 0 Å². The Labute approximate surface area is 88.5 Å². The molecule has 1 atom stereocenters. The Balaban J connectivity index is 3.06. The van der Waals surface area contributed by atoms with E-state index in [2.05, 4.69) is 25.2 Å².